The van der Waals surface area contributed by atoms with Gasteiger partial charge in [0, 0.05) is 16.7 Å². The predicted octanol–water partition coefficient (Wildman–Crippen LogP) is 3.27. The van der Waals surface area contributed by atoms with Crippen LogP contribution in [0.5, 0.6) is 11.5 Å². The van der Waals surface area contributed by atoms with Crippen LogP contribution in [0.4, 0.5) is 0 Å². The lowest BCUT2D eigenvalue weighted by Crippen LogP contribution is -2.33. The molecule has 0 saturated heterocycles. The Morgan fingerprint density at radius 1 is 1.22 bits per heavy atom. The van der Waals surface area contributed by atoms with Gasteiger partial charge in [0.2, 0.25) is 0 Å². The van der Waals surface area contributed by atoms with Gasteiger partial charge < -0.3 is 9.47 Å². The lowest BCUT2D eigenvalue weighted by molar-refractivity contribution is -0.127. The summed E-state index contributed by atoms with van der Waals surface area (Å²) in [5, 5.41) is 4.45. The second-order valence-corrected chi connectivity index (χ2v) is 5.10. The standard InChI is InChI=1S/C17H17ClN2O3/c1-12(23-15-8-5-7-14(10-15)22-2)17(21)20-19-11-13-6-3-4-9-16(13)18/h3-12H,1-2H3,(H,20,21)/b19-11+. The molecule has 2 rings (SSSR count). The third-order valence-electron chi connectivity index (χ3n) is 3.01. The first-order valence-electron chi connectivity index (χ1n) is 6.98. The minimum Gasteiger partial charge on any atom is -0.497 e. The van der Waals surface area contributed by atoms with E-state index in [2.05, 4.69) is 10.5 Å². The van der Waals surface area contributed by atoms with Crippen LogP contribution in [0.25, 0.3) is 0 Å². The average Bonchev–Trinajstić information content (AvgIpc) is 2.56. The van der Waals surface area contributed by atoms with Crippen LogP contribution in [-0.4, -0.2) is 25.3 Å². The van der Waals surface area contributed by atoms with Crippen molar-refractivity contribution in [2.75, 3.05) is 7.11 Å². The van der Waals surface area contributed by atoms with Crippen LogP contribution in [0.3, 0.4) is 0 Å². The smallest absolute Gasteiger partial charge is 0.280 e. The third kappa shape index (κ3) is 5.00. The Hall–Kier alpha value is -2.53. The number of nitrogens with zero attached hydrogens (tertiary/aromatic N) is 1. The summed E-state index contributed by atoms with van der Waals surface area (Å²) >= 11 is 6.00. The fourth-order valence-electron chi connectivity index (χ4n) is 1.77. The van der Waals surface area contributed by atoms with E-state index < -0.39 is 6.10 Å². The molecule has 1 amide bonds. The highest BCUT2D eigenvalue weighted by Crippen LogP contribution is 2.20. The van der Waals surface area contributed by atoms with Gasteiger partial charge >= 0.3 is 0 Å². The number of hydrogen-bond acceptors (Lipinski definition) is 4. The first-order valence-corrected chi connectivity index (χ1v) is 7.36. The molecule has 0 fully saturated rings. The number of ether oxygens (including phenoxy) is 2. The monoisotopic (exact) mass is 332 g/mol. The minimum atomic E-state index is -0.703. The van der Waals surface area contributed by atoms with Gasteiger partial charge in [-0.25, -0.2) is 5.43 Å². The highest BCUT2D eigenvalue weighted by molar-refractivity contribution is 6.33. The summed E-state index contributed by atoms with van der Waals surface area (Å²) < 4.78 is 10.7. The number of carbonyl (C=O) groups excluding carboxylic acids is 1. The molecule has 0 bridgehead atoms. The quantitative estimate of drug-likeness (QED) is 0.652. The van der Waals surface area contributed by atoms with E-state index in [1.54, 1.807) is 50.4 Å². The van der Waals surface area contributed by atoms with Gasteiger partial charge in [0.05, 0.1) is 13.3 Å². The van der Waals surface area contributed by atoms with Crippen molar-refractivity contribution < 1.29 is 14.3 Å². The van der Waals surface area contributed by atoms with Crippen molar-refractivity contribution in [2.24, 2.45) is 5.10 Å². The average molecular weight is 333 g/mol. The van der Waals surface area contributed by atoms with Crippen molar-refractivity contribution in [1.29, 1.82) is 0 Å². The van der Waals surface area contributed by atoms with Crippen molar-refractivity contribution in [3.05, 3.63) is 59.1 Å². The lowest BCUT2D eigenvalue weighted by Gasteiger charge is -2.13. The molecule has 2 aromatic carbocycles. The maximum absolute atomic E-state index is 12.0. The normalized spacial score (nSPS) is 12.0. The van der Waals surface area contributed by atoms with Gasteiger partial charge in [-0.1, -0.05) is 35.9 Å². The number of carbonyl (C=O) groups is 1. The molecule has 1 atom stereocenters. The molecule has 0 spiro atoms. The molecule has 0 aliphatic carbocycles. The number of nitrogens with one attached hydrogen (secondary N) is 1. The number of halogens is 1. The van der Waals surface area contributed by atoms with Crippen molar-refractivity contribution in [1.82, 2.24) is 5.43 Å². The Bertz CT molecular complexity index is 704. The van der Waals surface area contributed by atoms with Gasteiger partial charge in [-0.3, -0.25) is 4.79 Å². The van der Waals surface area contributed by atoms with E-state index in [0.29, 0.717) is 16.5 Å². The molecule has 120 valence electrons. The Morgan fingerprint density at radius 3 is 2.70 bits per heavy atom. The van der Waals surface area contributed by atoms with E-state index in [9.17, 15) is 4.79 Å². The van der Waals surface area contributed by atoms with E-state index in [1.807, 2.05) is 12.1 Å². The molecule has 6 heteroatoms. The summed E-state index contributed by atoms with van der Waals surface area (Å²) in [4.78, 5) is 12.0. The largest absolute Gasteiger partial charge is 0.497 e. The van der Waals surface area contributed by atoms with Gasteiger partial charge in [0.1, 0.15) is 11.5 Å². The number of benzene rings is 2. The summed E-state index contributed by atoms with van der Waals surface area (Å²) in [6.45, 7) is 1.64. The zero-order valence-corrected chi connectivity index (χ0v) is 13.6. The van der Waals surface area contributed by atoms with Crippen LogP contribution in [0, 0.1) is 0 Å². The van der Waals surface area contributed by atoms with Crippen LogP contribution in [0.2, 0.25) is 5.02 Å². The van der Waals surface area contributed by atoms with Crippen LogP contribution in [0.15, 0.2) is 53.6 Å². The minimum absolute atomic E-state index is 0.365. The first kappa shape index (κ1) is 16.8. The van der Waals surface area contributed by atoms with Crippen LogP contribution >= 0.6 is 11.6 Å². The maximum atomic E-state index is 12.0. The molecule has 23 heavy (non-hydrogen) atoms. The fourth-order valence-corrected chi connectivity index (χ4v) is 1.95. The zero-order valence-electron chi connectivity index (χ0n) is 12.8. The molecule has 0 aromatic heterocycles. The van der Waals surface area contributed by atoms with Gasteiger partial charge in [-0.15, -0.1) is 0 Å². The van der Waals surface area contributed by atoms with Crippen LogP contribution in [-0.2, 0) is 4.79 Å². The van der Waals surface area contributed by atoms with E-state index >= 15 is 0 Å². The number of rotatable bonds is 6. The van der Waals surface area contributed by atoms with Gasteiger partial charge in [-0.05, 0) is 25.1 Å². The summed E-state index contributed by atoms with van der Waals surface area (Å²) in [7, 11) is 1.57. The third-order valence-corrected chi connectivity index (χ3v) is 3.35. The van der Waals surface area contributed by atoms with E-state index in [1.165, 1.54) is 6.21 Å². The fraction of sp³-hybridized carbons (Fsp3) is 0.176. The lowest BCUT2D eigenvalue weighted by atomic mass is 10.2. The maximum Gasteiger partial charge on any atom is 0.280 e. The van der Waals surface area contributed by atoms with Crippen molar-refractivity contribution in [2.45, 2.75) is 13.0 Å². The summed E-state index contributed by atoms with van der Waals surface area (Å²) in [5.41, 5.74) is 3.14. The number of methoxy groups -OCH3 is 1. The summed E-state index contributed by atoms with van der Waals surface area (Å²) in [5.74, 6) is 0.838. The van der Waals surface area contributed by atoms with E-state index in [-0.39, 0.29) is 5.91 Å². The Labute approximate surface area is 139 Å². The molecule has 1 N–H and O–H groups in total. The highest BCUT2D eigenvalue weighted by Gasteiger charge is 2.14. The SMILES string of the molecule is COc1cccc(OC(C)C(=O)N/N=C/c2ccccc2Cl)c1. The van der Waals surface area contributed by atoms with Crippen molar-refractivity contribution >= 4 is 23.7 Å². The molecule has 0 aliphatic rings. The number of hydrogen-bond donors (Lipinski definition) is 1. The van der Waals surface area contributed by atoms with Gasteiger partial charge in [0.25, 0.3) is 5.91 Å². The van der Waals surface area contributed by atoms with E-state index in [0.717, 1.165) is 5.56 Å². The molecule has 0 heterocycles. The Morgan fingerprint density at radius 2 is 1.96 bits per heavy atom. The molecule has 1 unspecified atom stereocenters. The second kappa shape index (κ2) is 8.19. The summed E-state index contributed by atoms with van der Waals surface area (Å²) in [6.07, 6.45) is 0.781. The second-order valence-electron chi connectivity index (χ2n) is 4.69. The molecule has 5 nitrogen and oxygen atoms in total. The number of amides is 1. The molecule has 0 radical (unpaired) electrons. The number of hydrazone groups is 1. The molecular weight excluding hydrogens is 316 g/mol. The first-order chi connectivity index (χ1) is 11.1. The van der Waals surface area contributed by atoms with Gasteiger partial charge in [0.15, 0.2) is 6.10 Å². The highest BCUT2D eigenvalue weighted by atomic mass is 35.5. The molecular formula is C17H17ClN2O3. The topological polar surface area (TPSA) is 59.9 Å². The predicted molar refractivity (Wildman–Crippen MR) is 90.3 cm³/mol. The Balaban J connectivity index is 1.91. The summed E-state index contributed by atoms with van der Waals surface area (Å²) in [6, 6.07) is 14.2. The zero-order chi connectivity index (χ0) is 16.7. The van der Waals surface area contributed by atoms with Crippen LogP contribution < -0.4 is 14.9 Å². The van der Waals surface area contributed by atoms with Crippen LogP contribution in [0.1, 0.15) is 12.5 Å². The Kier molecular flexibility index (Phi) is 6.00. The molecule has 0 saturated carbocycles. The molecule has 0 aliphatic heterocycles. The molecule has 2 aromatic rings. The van der Waals surface area contributed by atoms with Crippen molar-refractivity contribution in [3.8, 4) is 11.5 Å². The van der Waals surface area contributed by atoms with E-state index in [4.69, 9.17) is 21.1 Å². The van der Waals surface area contributed by atoms with Gasteiger partial charge in [-0.2, -0.15) is 5.10 Å². The van der Waals surface area contributed by atoms with Crippen molar-refractivity contribution in [3.63, 3.8) is 0 Å².